The molecule has 0 saturated heterocycles. The first-order valence-electron chi connectivity index (χ1n) is 9.91. The highest BCUT2D eigenvalue weighted by Gasteiger charge is 2.21. The van der Waals surface area contributed by atoms with Crippen LogP contribution >= 0.6 is 0 Å². The van der Waals surface area contributed by atoms with E-state index in [0.717, 1.165) is 28.7 Å². The smallest absolute Gasteiger partial charge is 0.246 e. The lowest BCUT2D eigenvalue weighted by atomic mass is 9.90. The van der Waals surface area contributed by atoms with Gasteiger partial charge in [-0.1, -0.05) is 37.3 Å². The van der Waals surface area contributed by atoms with Gasteiger partial charge in [-0.05, 0) is 36.5 Å². The summed E-state index contributed by atoms with van der Waals surface area (Å²) in [5.74, 6) is 0.836. The number of benzene rings is 2. The van der Waals surface area contributed by atoms with E-state index in [0.29, 0.717) is 24.5 Å². The first kappa shape index (κ1) is 23.7. The minimum atomic E-state index is -0.660. The maximum absolute atomic E-state index is 11.3. The molecule has 7 heteroatoms. The van der Waals surface area contributed by atoms with Gasteiger partial charge >= 0.3 is 0 Å². The fraction of sp³-hybridized carbons (Fsp3) is 0.435. The molecule has 1 atom stereocenters. The number of carbonyl (C=O) groups excluding carboxylic acids is 1. The maximum Gasteiger partial charge on any atom is 0.246 e. The molecule has 2 rings (SSSR count). The summed E-state index contributed by atoms with van der Waals surface area (Å²) < 4.78 is 27.6. The summed E-state index contributed by atoms with van der Waals surface area (Å²) >= 11 is 0. The molecule has 30 heavy (non-hydrogen) atoms. The van der Waals surface area contributed by atoms with Gasteiger partial charge in [0.25, 0.3) is 0 Å². The molecule has 0 saturated carbocycles. The zero-order valence-corrected chi connectivity index (χ0v) is 18.1. The Hall–Kier alpha value is -2.61. The molecule has 1 amide bonds. The van der Waals surface area contributed by atoms with E-state index in [9.17, 15) is 4.79 Å². The zero-order chi connectivity index (χ0) is 21.9. The highest BCUT2D eigenvalue weighted by Crippen LogP contribution is 2.41. The number of carbonyl (C=O) groups is 1. The van der Waals surface area contributed by atoms with Crippen LogP contribution in [0, 0.1) is 0 Å². The number of hydrogen-bond acceptors (Lipinski definition) is 6. The third kappa shape index (κ3) is 6.19. The molecule has 2 aromatic carbocycles. The Kier molecular flexibility index (Phi) is 9.60. The van der Waals surface area contributed by atoms with E-state index in [1.807, 2.05) is 36.4 Å². The number of hydrogen-bond donors (Lipinski definition) is 1. The third-order valence-corrected chi connectivity index (χ3v) is 4.67. The summed E-state index contributed by atoms with van der Waals surface area (Å²) in [6.45, 7) is 4.26. The number of primary amides is 1. The molecule has 7 nitrogen and oxygen atoms in total. The fourth-order valence-corrected chi connectivity index (χ4v) is 3.22. The Morgan fingerprint density at radius 1 is 1.00 bits per heavy atom. The Balaban J connectivity index is 2.56. The van der Waals surface area contributed by atoms with Gasteiger partial charge in [-0.15, -0.1) is 0 Å². The van der Waals surface area contributed by atoms with Crippen LogP contribution in [0.25, 0.3) is 11.1 Å². The van der Waals surface area contributed by atoms with Crippen molar-refractivity contribution in [2.45, 2.75) is 32.8 Å². The average molecular weight is 418 g/mol. The Bertz CT molecular complexity index is 809. The van der Waals surface area contributed by atoms with Crippen molar-refractivity contribution in [3.63, 3.8) is 0 Å². The minimum absolute atomic E-state index is 0.101. The van der Waals surface area contributed by atoms with E-state index >= 15 is 0 Å². The van der Waals surface area contributed by atoms with Crippen molar-refractivity contribution in [3.05, 3.63) is 47.5 Å². The van der Waals surface area contributed by atoms with Crippen LogP contribution in [0.1, 0.15) is 25.0 Å². The van der Waals surface area contributed by atoms with Gasteiger partial charge in [-0.25, -0.2) is 0 Å². The van der Waals surface area contributed by atoms with E-state index in [2.05, 4.69) is 6.92 Å². The molecule has 0 bridgehead atoms. The second-order valence-electron chi connectivity index (χ2n) is 6.69. The van der Waals surface area contributed by atoms with Crippen molar-refractivity contribution >= 4 is 5.91 Å². The van der Waals surface area contributed by atoms with Crippen molar-refractivity contribution in [2.24, 2.45) is 5.73 Å². The topological polar surface area (TPSA) is 89.2 Å². The van der Waals surface area contributed by atoms with Gasteiger partial charge < -0.3 is 29.4 Å². The molecule has 1 unspecified atom stereocenters. The highest BCUT2D eigenvalue weighted by atomic mass is 16.7. The Morgan fingerprint density at radius 3 is 2.20 bits per heavy atom. The summed E-state index contributed by atoms with van der Waals surface area (Å²) in [4.78, 5) is 11.3. The predicted octanol–water partition coefficient (Wildman–Crippen LogP) is 3.31. The van der Waals surface area contributed by atoms with Crippen LogP contribution in [-0.2, 0) is 31.8 Å². The predicted molar refractivity (Wildman–Crippen MR) is 115 cm³/mol. The van der Waals surface area contributed by atoms with Crippen LogP contribution in [0.4, 0.5) is 0 Å². The molecule has 164 valence electrons. The van der Waals surface area contributed by atoms with E-state index < -0.39 is 12.0 Å². The van der Waals surface area contributed by atoms with Gasteiger partial charge in [0, 0.05) is 25.8 Å². The normalized spacial score (nSPS) is 11.9. The average Bonchev–Trinajstić information content (AvgIpc) is 2.76. The molecule has 0 aliphatic rings. The zero-order valence-electron chi connectivity index (χ0n) is 18.1. The van der Waals surface area contributed by atoms with Crippen LogP contribution in [0.5, 0.6) is 11.5 Å². The largest absolute Gasteiger partial charge is 0.467 e. The maximum atomic E-state index is 11.3. The molecule has 0 aliphatic carbocycles. The lowest BCUT2D eigenvalue weighted by Gasteiger charge is -2.22. The number of ether oxygens (including phenoxy) is 5. The summed E-state index contributed by atoms with van der Waals surface area (Å²) in [6.07, 6.45) is 0.635. The quantitative estimate of drug-likeness (QED) is 0.503. The van der Waals surface area contributed by atoms with Crippen LogP contribution in [0.3, 0.4) is 0 Å². The first-order valence-corrected chi connectivity index (χ1v) is 9.91. The SMILES string of the molecule is CCc1c(OCOC)cc(OCOC)c(-c2ccccc2)c1CCOC(C)C(N)=O. The molecular weight excluding hydrogens is 386 g/mol. The van der Waals surface area contributed by atoms with Crippen LogP contribution in [-0.4, -0.2) is 46.4 Å². The second kappa shape index (κ2) is 12.2. The summed E-state index contributed by atoms with van der Waals surface area (Å²) in [5, 5.41) is 0. The Labute approximate surface area is 178 Å². The second-order valence-corrected chi connectivity index (χ2v) is 6.69. The molecule has 2 N–H and O–H groups in total. The number of rotatable bonds is 13. The fourth-order valence-electron chi connectivity index (χ4n) is 3.22. The third-order valence-electron chi connectivity index (χ3n) is 4.67. The minimum Gasteiger partial charge on any atom is -0.467 e. The van der Waals surface area contributed by atoms with Gasteiger partial charge in [0.2, 0.25) is 5.91 Å². The van der Waals surface area contributed by atoms with Crippen LogP contribution < -0.4 is 15.2 Å². The van der Waals surface area contributed by atoms with Crippen molar-refractivity contribution < 1.29 is 28.5 Å². The van der Waals surface area contributed by atoms with Crippen molar-refractivity contribution in [1.82, 2.24) is 0 Å². The van der Waals surface area contributed by atoms with E-state index in [-0.39, 0.29) is 13.6 Å². The monoisotopic (exact) mass is 417 g/mol. The number of methoxy groups -OCH3 is 2. The van der Waals surface area contributed by atoms with Gasteiger partial charge in [0.1, 0.15) is 17.6 Å². The van der Waals surface area contributed by atoms with E-state index in [1.165, 1.54) is 0 Å². The lowest BCUT2D eigenvalue weighted by molar-refractivity contribution is -0.128. The van der Waals surface area contributed by atoms with Gasteiger partial charge in [0.05, 0.1) is 6.61 Å². The van der Waals surface area contributed by atoms with Gasteiger partial charge in [-0.2, -0.15) is 0 Å². The summed E-state index contributed by atoms with van der Waals surface area (Å²) in [6, 6.07) is 11.8. The molecule has 0 spiro atoms. The molecule has 0 radical (unpaired) electrons. The van der Waals surface area contributed by atoms with Gasteiger partial charge in [-0.3, -0.25) is 4.79 Å². The number of amides is 1. The van der Waals surface area contributed by atoms with Crippen molar-refractivity contribution in [3.8, 4) is 22.6 Å². The molecule has 0 heterocycles. The molecule has 0 fully saturated rings. The van der Waals surface area contributed by atoms with Crippen LogP contribution in [0.2, 0.25) is 0 Å². The van der Waals surface area contributed by atoms with Gasteiger partial charge in [0.15, 0.2) is 13.6 Å². The van der Waals surface area contributed by atoms with Crippen LogP contribution in [0.15, 0.2) is 36.4 Å². The van der Waals surface area contributed by atoms with Crippen molar-refractivity contribution in [2.75, 3.05) is 34.4 Å². The summed E-state index contributed by atoms with van der Waals surface area (Å²) in [7, 11) is 3.15. The highest BCUT2D eigenvalue weighted by molar-refractivity contribution is 5.78. The number of nitrogens with two attached hydrogens (primary N) is 1. The Morgan fingerprint density at radius 2 is 1.63 bits per heavy atom. The van der Waals surface area contributed by atoms with E-state index in [4.69, 9.17) is 29.4 Å². The molecule has 2 aromatic rings. The lowest BCUT2D eigenvalue weighted by Crippen LogP contribution is -2.29. The molecular formula is C23H31NO6. The molecule has 0 aliphatic heterocycles. The summed E-state index contributed by atoms with van der Waals surface area (Å²) in [5.41, 5.74) is 9.34. The van der Waals surface area contributed by atoms with E-state index in [1.54, 1.807) is 21.1 Å². The van der Waals surface area contributed by atoms with Crippen molar-refractivity contribution in [1.29, 1.82) is 0 Å². The first-order chi connectivity index (χ1) is 14.5. The molecule has 0 aromatic heterocycles. The standard InChI is InChI=1S/C23H31NO6/c1-5-18-19(11-12-28-16(2)23(24)25)22(17-9-7-6-8-10-17)21(30-15-27-4)13-20(18)29-14-26-3/h6-10,13,16H,5,11-12,14-15H2,1-4H3,(H2,24,25).